The molecule has 2 heterocycles. The molecule has 144 valence electrons. The quantitative estimate of drug-likeness (QED) is 0.760. The van der Waals surface area contributed by atoms with Gasteiger partial charge in [-0.05, 0) is 40.2 Å². The van der Waals surface area contributed by atoms with E-state index in [9.17, 15) is 15.0 Å². The summed E-state index contributed by atoms with van der Waals surface area (Å²) in [7, 11) is 0. The van der Waals surface area contributed by atoms with E-state index in [1.54, 1.807) is 19.1 Å². The Morgan fingerprint density at radius 3 is 2.19 bits per heavy atom. The molecule has 6 heteroatoms. The maximum Gasteiger partial charge on any atom is 0.413 e. The van der Waals surface area contributed by atoms with Gasteiger partial charge in [0.25, 0.3) is 0 Å². The zero-order valence-electron chi connectivity index (χ0n) is 16.3. The molecule has 2 saturated heterocycles. The van der Waals surface area contributed by atoms with Crippen LogP contribution in [0, 0.1) is 0 Å². The van der Waals surface area contributed by atoms with Crippen LogP contribution in [0.1, 0.15) is 59.1 Å². The summed E-state index contributed by atoms with van der Waals surface area (Å²) < 4.78 is 5.83. The number of piperidine rings is 1. The van der Waals surface area contributed by atoms with Crippen LogP contribution >= 0.6 is 0 Å². The molecule has 0 unspecified atom stereocenters. The number of aliphatic hydroxyl groups is 2. The zero-order valence-corrected chi connectivity index (χ0v) is 16.3. The van der Waals surface area contributed by atoms with Crippen molar-refractivity contribution in [3.63, 3.8) is 0 Å². The van der Waals surface area contributed by atoms with Crippen molar-refractivity contribution in [2.75, 3.05) is 6.54 Å². The van der Waals surface area contributed by atoms with E-state index < -0.39 is 23.5 Å². The number of quaternary nitrogens is 1. The van der Waals surface area contributed by atoms with E-state index in [4.69, 9.17) is 4.74 Å². The van der Waals surface area contributed by atoms with Crippen molar-refractivity contribution in [1.29, 1.82) is 0 Å². The third kappa shape index (κ3) is 3.21. The molecule has 1 aromatic carbocycles. The van der Waals surface area contributed by atoms with Gasteiger partial charge < -0.3 is 20.3 Å². The number of aliphatic hydroxyl groups excluding tert-OH is 1. The maximum absolute atomic E-state index is 12.7. The van der Waals surface area contributed by atoms with Crippen molar-refractivity contribution in [3.05, 3.63) is 35.9 Å². The summed E-state index contributed by atoms with van der Waals surface area (Å²) in [6, 6.07) is 9.15. The molecule has 1 aromatic rings. The highest BCUT2D eigenvalue weighted by Gasteiger charge is 2.68. The monoisotopic (exact) mass is 363 g/mol. The normalized spacial score (nSPS) is 30.3. The van der Waals surface area contributed by atoms with Crippen molar-refractivity contribution in [2.24, 2.45) is 0 Å². The number of β-amino-alcohol motifs (C(OH)–C–C–N with tert-alkyl or cyclic N) is 1. The summed E-state index contributed by atoms with van der Waals surface area (Å²) in [6.07, 6.45) is -0.375. The van der Waals surface area contributed by atoms with E-state index in [1.807, 2.05) is 18.2 Å². The Labute approximate surface area is 155 Å². The molecule has 2 fully saturated rings. The zero-order chi connectivity index (χ0) is 19.4. The summed E-state index contributed by atoms with van der Waals surface area (Å²) >= 11 is 0. The van der Waals surface area contributed by atoms with Gasteiger partial charge in [0.2, 0.25) is 0 Å². The van der Waals surface area contributed by atoms with E-state index in [2.05, 4.69) is 33.0 Å². The fraction of sp³-hybridized carbons (Fsp3) is 0.650. The second kappa shape index (κ2) is 5.94. The van der Waals surface area contributed by atoms with Gasteiger partial charge in [-0.2, -0.15) is 0 Å². The fourth-order valence-electron chi connectivity index (χ4n) is 5.05. The summed E-state index contributed by atoms with van der Waals surface area (Å²) in [4.78, 5) is 14.0. The number of hydrogen-bond donors (Lipinski definition) is 3. The van der Waals surface area contributed by atoms with Gasteiger partial charge in [0.15, 0.2) is 11.3 Å². The lowest BCUT2D eigenvalue weighted by molar-refractivity contribution is -0.793. The van der Waals surface area contributed by atoms with Gasteiger partial charge in [0.1, 0.15) is 0 Å². The van der Waals surface area contributed by atoms with E-state index in [1.165, 1.54) is 4.90 Å². The first-order valence-corrected chi connectivity index (χ1v) is 9.21. The van der Waals surface area contributed by atoms with Gasteiger partial charge in [-0.3, -0.25) is 4.90 Å². The van der Waals surface area contributed by atoms with Gasteiger partial charge in [-0.15, -0.1) is 0 Å². The van der Waals surface area contributed by atoms with Crippen LogP contribution in [-0.2, 0) is 4.74 Å². The van der Waals surface area contributed by atoms with Crippen LogP contribution in [0.25, 0.3) is 0 Å². The molecule has 2 aliphatic heterocycles. The molecule has 0 bridgehead atoms. The first-order chi connectivity index (χ1) is 11.9. The third-order valence-electron chi connectivity index (χ3n) is 5.70. The van der Waals surface area contributed by atoms with Gasteiger partial charge >= 0.3 is 6.09 Å². The molecule has 0 aromatic heterocycles. The second-order valence-corrected chi connectivity index (χ2v) is 9.40. The minimum Gasteiger partial charge on any atom is -0.437 e. The lowest BCUT2D eigenvalue weighted by Gasteiger charge is -2.51. The molecule has 3 rings (SSSR count). The van der Waals surface area contributed by atoms with E-state index in [0.29, 0.717) is 18.4 Å². The number of hydrogen-bond acceptors (Lipinski definition) is 4. The Kier molecular flexibility index (Phi) is 4.37. The molecule has 0 radical (unpaired) electrons. The lowest BCUT2D eigenvalue weighted by atomic mass is 9.68. The number of nitrogens with zero attached hydrogens (tertiary/aromatic N) is 1. The molecule has 1 amide bonds. The van der Waals surface area contributed by atoms with E-state index in [0.717, 1.165) is 0 Å². The summed E-state index contributed by atoms with van der Waals surface area (Å²) in [6.45, 7) is 10.0. The molecule has 2 atom stereocenters. The van der Waals surface area contributed by atoms with Crippen LogP contribution in [0.5, 0.6) is 0 Å². The predicted octanol–water partition coefficient (Wildman–Crippen LogP) is 1.53. The number of rotatable bonds is 3. The van der Waals surface area contributed by atoms with Crippen molar-refractivity contribution in [3.8, 4) is 0 Å². The highest BCUT2D eigenvalue weighted by atomic mass is 16.6. The Morgan fingerprint density at radius 2 is 1.65 bits per heavy atom. The van der Waals surface area contributed by atoms with Crippen molar-refractivity contribution in [2.45, 2.75) is 76.0 Å². The lowest BCUT2D eigenvalue weighted by Crippen LogP contribution is -3.07. The second-order valence-electron chi connectivity index (χ2n) is 9.40. The number of amides is 1. The molecule has 2 aliphatic rings. The van der Waals surface area contributed by atoms with Crippen LogP contribution in [0.15, 0.2) is 30.3 Å². The van der Waals surface area contributed by atoms with Crippen molar-refractivity contribution < 1.29 is 25.1 Å². The van der Waals surface area contributed by atoms with Gasteiger partial charge in [-0.1, -0.05) is 30.3 Å². The minimum atomic E-state index is -1.50. The molecule has 0 aliphatic carbocycles. The smallest absolute Gasteiger partial charge is 0.413 e. The van der Waals surface area contributed by atoms with Gasteiger partial charge in [0.05, 0.1) is 23.7 Å². The Hall–Kier alpha value is -1.63. The highest BCUT2D eigenvalue weighted by Crippen LogP contribution is 2.48. The van der Waals surface area contributed by atoms with Crippen LogP contribution < -0.4 is 5.32 Å². The van der Waals surface area contributed by atoms with Crippen LogP contribution in [0.3, 0.4) is 0 Å². The minimum absolute atomic E-state index is 0.0117. The first-order valence-electron chi connectivity index (χ1n) is 9.21. The van der Waals surface area contributed by atoms with E-state index >= 15 is 0 Å². The highest BCUT2D eigenvalue weighted by molar-refractivity contribution is 5.72. The van der Waals surface area contributed by atoms with Gasteiger partial charge in [-0.25, -0.2) is 4.79 Å². The molecular formula is C20H31N2O4+. The predicted molar refractivity (Wildman–Crippen MR) is 97.3 cm³/mol. The molecular weight excluding hydrogens is 332 g/mol. The molecule has 0 saturated carbocycles. The Balaban J connectivity index is 1.89. The Bertz CT molecular complexity index is 668. The summed E-state index contributed by atoms with van der Waals surface area (Å²) in [5, 5.41) is 24.2. The number of carbonyl (C=O) groups excluding carboxylic acids is 1. The Morgan fingerprint density at radius 1 is 1.12 bits per heavy atom. The summed E-state index contributed by atoms with van der Waals surface area (Å²) in [5.74, 6) is 0. The number of benzene rings is 1. The largest absolute Gasteiger partial charge is 0.437 e. The number of nitrogens with two attached hydrogens (primary N) is 1. The van der Waals surface area contributed by atoms with Crippen LogP contribution in [0.4, 0.5) is 4.79 Å². The SMILES string of the molecule is CC1(C)CC2(CC(C)(C)[NH2+]1)OC(=O)N(C[C@@H](O)c1ccccc1)[C@@]2(C)O. The number of ether oxygens (including phenoxy) is 1. The number of carbonyl (C=O) groups is 1. The third-order valence-corrected chi connectivity index (χ3v) is 5.70. The standard InChI is InChI=1S/C20H30N2O4/c1-17(2)12-20(13-18(3,4)21-17)19(5,25)22(16(24)26-20)11-15(23)14-9-7-6-8-10-14/h6-10,15,21,23,25H,11-13H2,1-5H3/p+1/t15-,19+/m1/s1. The van der Waals surface area contributed by atoms with Crippen molar-refractivity contribution in [1.82, 2.24) is 4.90 Å². The van der Waals surface area contributed by atoms with Crippen LogP contribution in [-0.4, -0.2) is 50.2 Å². The summed E-state index contributed by atoms with van der Waals surface area (Å²) in [5.41, 5.74) is -2.15. The average molecular weight is 363 g/mol. The first kappa shape index (κ1) is 19.1. The van der Waals surface area contributed by atoms with Gasteiger partial charge in [0, 0.05) is 12.8 Å². The molecule has 26 heavy (non-hydrogen) atoms. The van der Waals surface area contributed by atoms with Crippen molar-refractivity contribution >= 4 is 6.09 Å². The van der Waals surface area contributed by atoms with Crippen LogP contribution in [0.2, 0.25) is 0 Å². The molecule has 6 nitrogen and oxygen atoms in total. The topological polar surface area (TPSA) is 86.6 Å². The average Bonchev–Trinajstić information content (AvgIpc) is 2.64. The maximum atomic E-state index is 12.7. The molecule has 1 spiro atoms. The fourth-order valence-corrected chi connectivity index (χ4v) is 5.05. The molecule has 4 N–H and O–H groups in total. The van der Waals surface area contributed by atoms with E-state index in [-0.39, 0.29) is 17.6 Å².